The van der Waals surface area contributed by atoms with Gasteiger partial charge in [-0.15, -0.1) is 0 Å². The zero-order valence-electron chi connectivity index (χ0n) is 9.01. The lowest BCUT2D eigenvalue weighted by Crippen LogP contribution is -2.26. The minimum absolute atomic E-state index is 0.0797. The Morgan fingerprint density at radius 1 is 1.20 bits per heavy atom. The number of aromatic hydroxyl groups is 1. The monoisotopic (exact) mass is 247 g/mol. The number of benzene rings is 1. The fourth-order valence-corrected chi connectivity index (χ4v) is 1.77. The first-order valence-corrected chi connectivity index (χ1v) is 5.42. The highest BCUT2D eigenvalue weighted by atomic mass is 35.5. The van der Waals surface area contributed by atoms with E-state index in [0.29, 0.717) is 0 Å². The SMILES string of the molecule is CC(C)(C)C(N)c1cc(Cl)c(O)c(Cl)c1. The van der Waals surface area contributed by atoms with Crippen molar-refractivity contribution < 1.29 is 5.11 Å². The van der Waals surface area contributed by atoms with Crippen molar-refractivity contribution in [2.75, 3.05) is 0 Å². The number of hydrogen-bond donors (Lipinski definition) is 2. The fraction of sp³-hybridized carbons (Fsp3) is 0.455. The summed E-state index contributed by atoms with van der Waals surface area (Å²) in [7, 11) is 0. The Hall–Kier alpha value is -0.440. The van der Waals surface area contributed by atoms with Gasteiger partial charge in [0, 0.05) is 6.04 Å². The van der Waals surface area contributed by atoms with Crippen LogP contribution in [-0.4, -0.2) is 5.11 Å². The zero-order valence-corrected chi connectivity index (χ0v) is 10.5. The zero-order chi connectivity index (χ0) is 11.8. The van der Waals surface area contributed by atoms with Gasteiger partial charge in [-0.05, 0) is 23.1 Å². The van der Waals surface area contributed by atoms with Gasteiger partial charge in [0.1, 0.15) is 0 Å². The number of rotatable bonds is 1. The van der Waals surface area contributed by atoms with E-state index in [-0.39, 0.29) is 27.3 Å². The standard InChI is InChI=1S/C11H15Cl2NO/c1-11(2,3)10(14)6-4-7(12)9(15)8(13)5-6/h4-5,10,15H,14H2,1-3H3. The van der Waals surface area contributed by atoms with E-state index in [2.05, 4.69) is 0 Å². The fourth-order valence-electron chi connectivity index (χ4n) is 1.26. The summed E-state index contributed by atoms with van der Waals surface area (Å²) in [5.74, 6) is -0.0943. The van der Waals surface area contributed by atoms with Crippen LogP contribution in [-0.2, 0) is 0 Å². The molecule has 0 saturated carbocycles. The molecular formula is C11H15Cl2NO. The molecule has 1 aromatic carbocycles. The third-order valence-electron chi connectivity index (χ3n) is 2.33. The van der Waals surface area contributed by atoms with E-state index >= 15 is 0 Å². The average molecular weight is 248 g/mol. The van der Waals surface area contributed by atoms with E-state index in [4.69, 9.17) is 28.9 Å². The molecule has 0 bridgehead atoms. The van der Waals surface area contributed by atoms with E-state index in [0.717, 1.165) is 5.56 Å². The van der Waals surface area contributed by atoms with E-state index < -0.39 is 0 Å². The second kappa shape index (κ2) is 4.20. The number of halogens is 2. The highest BCUT2D eigenvalue weighted by molar-refractivity contribution is 6.37. The molecule has 0 radical (unpaired) electrons. The first-order chi connectivity index (χ1) is 6.73. The maximum atomic E-state index is 9.41. The van der Waals surface area contributed by atoms with Crippen molar-refractivity contribution in [2.45, 2.75) is 26.8 Å². The topological polar surface area (TPSA) is 46.2 Å². The lowest BCUT2D eigenvalue weighted by atomic mass is 9.83. The Kier molecular flexibility index (Phi) is 3.54. The highest BCUT2D eigenvalue weighted by Crippen LogP contribution is 2.38. The molecule has 0 aromatic heterocycles. The van der Waals surface area contributed by atoms with Crippen molar-refractivity contribution in [3.8, 4) is 5.75 Å². The molecule has 84 valence electrons. The minimum atomic E-state index is -0.173. The van der Waals surface area contributed by atoms with Gasteiger partial charge in [-0.2, -0.15) is 0 Å². The first-order valence-electron chi connectivity index (χ1n) is 4.67. The molecule has 1 rings (SSSR count). The largest absolute Gasteiger partial charge is 0.505 e. The van der Waals surface area contributed by atoms with Crippen molar-refractivity contribution in [3.63, 3.8) is 0 Å². The van der Waals surface area contributed by atoms with Crippen molar-refractivity contribution in [2.24, 2.45) is 11.1 Å². The minimum Gasteiger partial charge on any atom is -0.505 e. The Balaban J connectivity index is 3.17. The van der Waals surface area contributed by atoms with E-state index in [1.54, 1.807) is 12.1 Å². The summed E-state index contributed by atoms with van der Waals surface area (Å²) in [4.78, 5) is 0. The van der Waals surface area contributed by atoms with Gasteiger partial charge >= 0.3 is 0 Å². The van der Waals surface area contributed by atoms with Gasteiger partial charge in [0.15, 0.2) is 5.75 Å². The Bertz CT molecular complexity index is 348. The smallest absolute Gasteiger partial charge is 0.152 e. The molecule has 15 heavy (non-hydrogen) atoms. The van der Waals surface area contributed by atoms with Crippen molar-refractivity contribution in [3.05, 3.63) is 27.7 Å². The van der Waals surface area contributed by atoms with Crippen LogP contribution in [0.4, 0.5) is 0 Å². The van der Waals surface area contributed by atoms with E-state index in [1.807, 2.05) is 20.8 Å². The Morgan fingerprint density at radius 3 is 1.93 bits per heavy atom. The summed E-state index contributed by atoms with van der Waals surface area (Å²) >= 11 is 11.6. The number of nitrogens with two attached hydrogens (primary N) is 1. The predicted octanol–water partition coefficient (Wildman–Crippen LogP) is 3.74. The van der Waals surface area contributed by atoms with Crippen LogP contribution in [0.1, 0.15) is 32.4 Å². The van der Waals surface area contributed by atoms with Crippen molar-refractivity contribution in [1.82, 2.24) is 0 Å². The normalized spacial score (nSPS) is 14.0. The van der Waals surface area contributed by atoms with Crippen LogP contribution in [0.5, 0.6) is 5.75 Å². The molecule has 0 aliphatic rings. The lowest BCUT2D eigenvalue weighted by Gasteiger charge is -2.27. The van der Waals surface area contributed by atoms with Crippen LogP contribution in [0.3, 0.4) is 0 Å². The van der Waals surface area contributed by atoms with Crippen LogP contribution in [0.15, 0.2) is 12.1 Å². The second-order valence-electron chi connectivity index (χ2n) is 4.68. The maximum Gasteiger partial charge on any atom is 0.152 e. The number of phenols is 1. The average Bonchev–Trinajstić information content (AvgIpc) is 2.10. The van der Waals surface area contributed by atoms with Crippen LogP contribution in [0.2, 0.25) is 10.0 Å². The molecule has 0 amide bonds. The molecule has 0 aliphatic heterocycles. The molecule has 3 N–H and O–H groups in total. The molecule has 0 heterocycles. The highest BCUT2D eigenvalue weighted by Gasteiger charge is 2.23. The third-order valence-corrected chi connectivity index (χ3v) is 2.91. The summed E-state index contributed by atoms with van der Waals surface area (Å²) in [5.41, 5.74) is 6.81. The van der Waals surface area contributed by atoms with Crippen molar-refractivity contribution in [1.29, 1.82) is 0 Å². The quantitative estimate of drug-likeness (QED) is 0.795. The number of hydrogen-bond acceptors (Lipinski definition) is 2. The van der Waals surface area contributed by atoms with Gasteiger partial charge in [-0.3, -0.25) is 0 Å². The van der Waals surface area contributed by atoms with Crippen LogP contribution in [0.25, 0.3) is 0 Å². The molecule has 1 aromatic rings. The van der Waals surface area contributed by atoms with Gasteiger partial charge in [0.25, 0.3) is 0 Å². The second-order valence-corrected chi connectivity index (χ2v) is 5.49. The third kappa shape index (κ3) is 2.77. The predicted molar refractivity (Wildman–Crippen MR) is 64.5 cm³/mol. The first kappa shape index (κ1) is 12.6. The summed E-state index contributed by atoms with van der Waals surface area (Å²) in [6, 6.07) is 3.13. The summed E-state index contributed by atoms with van der Waals surface area (Å²) in [6.45, 7) is 6.10. The Morgan fingerprint density at radius 2 is 1.60 bits per heavy atom. The molecule has 0 spiro atoms. The molecule has 0 fully saturated rings. The van der Waals surface area contributed by atoms with Gasteiger partial charge in [-0.1, -0.05) is 44.0 Å². The molecule has 2 nitrogen and oxygen atoms in total. The Labute approximate surface area is 100.0 Å². The van der Waals surface area contributed by atoms with Gasteiger partial charge in [0.2, 0.25) is 0 Å². The summed E-state index contributed by atoms with van der Waals surface area (Å²) in [6.07, 6.45) is 0. The van der Waals surface area contributed by atoms with Crippen molar-refractivity contribution >= 4 is 23.2 Å². The van der Waals surface area contributed by atoms with Crippen LogP contribution >= 0.6 is 23.2 Å². The van der Waals surface area contributed by atoms with Gasteiger partial charge in [0.05, 0.1) is 10.0 Å². The summed E-state index contributed by atoms with van der Waals surface area (Å²) < 4.78 is 0. The molecule has 0 saturated heterocycles. The van der Waals surface area contributed by atoms with Crippen LogP contribution in [0, 0.1) is 5.41 Å². The summed E-state index contributed by atoms with van der Waals surface area (Å²) in [5, 5.41) is 9.88. The van der Waals surface area contributed by atoms with E-state index in [9.17, 15) is 5.11 Å². The molecule has 1 unspecified atom stereocenters. The van der Waals surface area contributed by atoms with Gasteiger partial charge < -0.3 is 10.8 Å². The van der Waals surface area contributed by atoms with Crippen LogP contribution < -0.4 is 5.73 Å². The molecule has 1 atom stereocenters. The maximum absolute atomic E-state index is 9.41. The molecule has 4 heteroatoms. The van der Waals surface area contributed by atoms with E-state index in [1.165, 1.54) is 0 Å². The molecular weight excluding hydrogens is 233 g/mol. The number of phenolic OH excluding ortho intramolecular Hbond substituents is 1. The van der Waals surface area contributed by atoms with Gasteiger partial charge in [-0.25, -0.2) is 0 Å². The lowest BCUT2D eigenvalue weighted by molar-refractivity contribution is 0.326. The molecule has 0 aliphatic carbocycles.